The molecular weight excluding hydrogens is 370 g/mol. The maximum absolute atomic E-state index is 12.5. The van der Waals surface area contributed by atoms with Crippen LogP contribution in [-0.4, -0.2) is 47.7 Å². The van der Waals surface area contributed by atoms with E-state index in [1.165, 1.54) is 0 Å². The molecule has 2 aromatic carbocycles. The van der Waals surface area contributed by atoms with Gasteiger partial charge < -0.3 is 10.2 Å². The predicted molar refractivity (Wildman–Crippen MR) is 107 cm³/mol. The molecule has 0 radical (unpaired) electrons. The fraction of sp³-hybridized carbons (Fsp3) is 0.273. The molecule has 1 saturated heterocycles. The van der Waals surface area contributed by atoms with Gasteiger partial charge in [0, 0.05) is 18.7 Å². The lowest BCUT2D eigenvalue weighted by molar-refractivity contribution is -0.122. The summed E-state index contributed by atoms with van der Waals surface area (Å²) in [6.07, 6.45) is 0.181. The number of carbonyl (C=O) groups excluding carboxylic acids is 4. The van der Waals surface area contributed by atoms with E-state index in [-0.39, 0.29) is 24.9 Å². The molecule has 2 heterocycles. The number of amides is 4. The fourth-order valence-electron chi connectivity index (χ4n) is 3.75. The molecule has 148 valence electrons. The molecule has 1 N–H and O–H groups in total. The molecule has 0 aliphatic carbocycles. The van der Waals surface area contributed by atoms with E-state index in [1.807, 2.05) is 32.0 Å². The van der Waals surface area contributed by atoms with E-state index in [4.69, 9.17) is 0 Å². The van der Waals surface area contributed by atoms with Gasteiger partial charge in [0.2, 0.25) is 11.8 Å². The molecule has 0 aromatic heterocycles. The molecule has 0 bridgehead atoms. The average Bonchev–Trinajstić information content (AvgIpc) is 3.17. The number of hydrogen-bond acceptors (Lipinski definition) is 4. The molecular formula is C22H21N3O4. The number of rotatable bonds is 4. The van der Waals surface area contributed by atoms with Gasteiger partial charge in [0.25, 0.3) is 11.8 Å². The molecule has 4 amide bonds. The van der Waals surface area contributed by atoms with Crippen LogP contribution in [-0.2, 0) is 9.59 Å². The van der Waals surface area contributed by atoms with Gasteiger partial charge in [-0.25, -0.2) is 0 Å². The summed E-state index contributed by atoms with van der Waals surface area (Å²) in [5, 5.41) is 2.78. The second-order valence-corrected chi connectivity index (χ2v) is 7.48. The highest BCUT2D eigenvalue weighted by atomic mass is 16.2. The Morgan fingerprint density at radius 2 is 1.66 bits per heavy atom. The molecule has 0 spiro atoms. The predicted octanol–water partition coefficient (Wildman–Crippen LogP) is 1.82. The van der Waals surface area contributed by atoms with E-state index < -0.39 is 17.7 Å². The van der Waals surface area contributed by atoms with Crippen molar-refractivity contribution in [1.29, 1.82) is 0 Å². The zero-order chi connectivity index (χ0) is 20.7. The van der Waals surface area contributed by atoms with Gasteiger partial charge in [0.05, 0.1) is 17.2 Å². The molecule has 2 aliphatic heterocycles. The summed E-state index contributed by atoms with van der Waals surface area (Å²) < 4.78 is 0. The molecule has 4 rings (SSSR count). The van der Waals surface area contributed by atoms with Crippen LogP contribution in [0.3, 0.4) is 0 Å². The zero-order valence-electron chi connectivity index (χ0n) is 16.3. The molecule has 2 aliphatic rings. The summed E-state index contributed by atoms with van der Waals surface area (Å²) in [6, 6.07) is 11.9. The van der Waals surface area contributed by atoms with Crippen LogP contribution in [0.4, 0.5) is 5.69 Å². The third kappa shape index (κ3) is 3.40. The van der Waals surface area contributed by atoms with E-state index in [0.717, 1.165) is 21.7 Å². The van der Waals surface area contributed by atoms with Crippen molar-refractivity contribution < 1.29 is 19.2 Å². The van der Waals surface area contributed by atoms with Crippen LogP contribution in [0.25, 0.3) is 0 Å². The number of fused-ring (bicyclic) bond motifs is 1. The fourth-order valence-corrected chi connectivity index (χ4v) is 3.75. The number of nitrogens with zero attached hydrogens (tertiary/aromatic N) is 2. The standard InChI is InChI=1S/C22H21N3O4/c1-13-7-8-16(9-14(13)2)24-11-15(10-20(24)27)23-19(26)12-25-21(28)17-5-3-4-6-18(17)22(25)29/h3-9,15H,10-12H2,1-2H3,(H,23,26). The van der Waals surface area contributed by atoms with Crippen molar-refractivity contribution in [3.63, 3.8) is 0 Å². The second-order valence-electron chi connectivity index (χ2n) is 7.48. The highest BCUT2D eigenvalue weighted by Crippen LogP contribution is 2.25. The van der Waals surface area contributed by atoms with E-state index in [2.05, 4.69) is 5.32 Å². The first-order valence-corrected chi connectivity index (χ1v) is 9.47. The Labute approximate surface area is 168 Å². The summed E-state index contributed by atoms with van der Waals surface area (Å²) in [5.74, 6) is -1.47. The number of hydrogen-bond donors (Lipinski definition) is 1. The first-order chi connectivity index (χ1) is 13.8. The highest BCUT2D eigenvalue weighted by Gasteiger charge is 2.37. The molecule has 7 nitrogen and oxygen atoms in total. The summed E-state index contributed by atoms with van der Waals surface area (Å²) in [6.45, 7) is 3.99. The first kappa shape index (κ1) is 18.9. The Morgan fingerprint density at radius 1 is 1.00 bits per heavy atom. The van der Waals surface area contributed by atoms with E-state index in [1.54, 1.807) is 29.2 Å². The molecule has 7 heteroatoms. The van der Waals surface area contributed by atoms with Crippen molar-refractivity contribution in [2.45, 2.75) is 26.3 Å². The number of benzene rings is 2. The van der Waals surface area contributed by atoms with E-state index in [9.17, 15) is 19.2 Å². The third-order valence-electron chi connectivity index (χ3n) is 5.47. The molecule has 2 aromatic rings. The topological polar surface area (TPSA) is 86.8 Å². The maximum atomic E-state index is 12.5. The Kier molecular flexibility index (Phi) is 4.66. The Morgan fingerprint density at radius 3 is 2.28 bits per heavy atom. The van der Waals surface area contributed by atoms with Gasteiger partial charge in [-0.15, -0.1) is 0 Å². The van der Waals surface area contributed by atoms with Crippen molar-refractivity contribution >= 4 is 29.3 Å². The number of aryl methyl sites for hydroxylation is 2. The number of nitrogens with one attached hydrogen (secondary N) is 1. The first-order valence-electron chi connectivity index (χ1n) is 9.47. The van der Waals surface area contributed by atoms with Crippen LogP contribution in [0.5, 0.6) is 0 Å². The van der Waals surface area contributed by atoms with Crippen molar-refractivity contribution in [3.8, 4) is 0 Å². The highest BCUT2D eigenvalue weighted by molar-refractivity contribution is 6.22. The minimum Gasteiger partial charge on any atom is -0.349 e. The van der Waals surface area contributed by atoms with Crippen LogP contribution in [0, 0.1) is 13.8 Å². The third-order valence-corrected chi connectivity index (χ3v) is 5.47. The molecule has 0 saturated carbocycles. The van der Waals surface area contributed by atoms with Crippen molar-refractivity contribution in [2.24, 2.45) is 0 Å². The van der Waals surface area contributed by atoms with Crippen LogP contribution in [0.15, 0.2) is 42.5 Å². The largest absolute Gasteiger partial charge is 0.349 e. The normalized spacial score (nSPS) is 18.4. The minimum atomic E-state index is -0.472. The quantitative estimate of drug-likeness (QED) is 0.806. The molecule has 29 heavy (non-hydrogen) atoms. The van der Waals surface area contributed by atoms with Gasteiger partial charge in [-0.2, -0.15) is 0 Å². The van der Waals surface area contributed by atoms with E-state index >= 15 is 0 Å². The maximum Gasteiger partial charge on any atom is 0.262 e. The summed E-state index contributed by atoms with van der Waals surface area (Å²) >= 11 is 0. The van der Waals surface area contributed by atoms with Crippen LogP contribution < -0.4 is 10.2 Å². The zero-order valence-corrected chi connectivity index (χ0v) is 16.3. The van der Waals surface area contributed by atoms with Crippen molar-refractivity contribution in [3.05, 3.63) is 64.7 Å². The van der Waals surface area contributed by atoms with Gasteiger partial charge >= 0.3 is 0 Å². The smallest absolute Gasteiger partial charge is 0.262 e. The summed E-state index contributed by atoms with van der Waals surface area (Å²) in [4.78, 5) is 52.3. The molecule has 1 atom stereocenters. The monoisotopic (exact) mass is 391 g/mol. The van der Waals surface area contributed by atoms with Gasteiger partial charge in [0.15, 0.2) is 0 Å². The minimum absolute atomic E-state index is 0.0701. The van der Waals surface area contributed by atoms with Crippen molar-refractivity contribution in [1.82, 2.24) is 10.2 Å². The number of imide groups is 1. The van der Waals surface area contributed by atoms with E-state index in [0.29, 0.717) is 17.7 Å². The van der Waals surface area contributed by atoms with Crippen LogP contribution >= 0.6 is 0 Å². The molecule has 1 fully saturated rings. The van der Waals surface area contributed by atoms with Gasteiger partial charge in [-0.1, -0.05) is 18.2 Å². The Balaban J connectivity index is 1.40. The lowest BCUT2D eigenvalue weighted by atomic mass is 10.1. The lowest BCUT2D eigenvalue weighted by Gasteiger charge is -2.19. The molecule has 1 unspecified atom stereocenters. The van der Waals surface area contributed by atoms with Gasteiger partial charge in [-0.05, 0) is 49.2 Å². The second kappa shape index (κ2) is 7.16. The van der Waals surface area contributed by atoms with Crippen LogP contribution in [0.1, 0.15) is 38.3 Å². The Hall–Kier alpha value is -3.48. The van der Waals surface area contributed by atoms with Gasteiger partial charge in [-0.3, -0.25) is 24.1 Å². The average molecular weight is 391 g/mol. The SMILES string of the molecule is Cc1ccc(N2CC(NC(=O)CN3C(=O)c4ccccc4C3=O)CC2=O)cc1C. The van der Waals surface area contributed by atoms with Crippen LogP contribution in [0.2, 0.25) is 0 Å². The lowest BCUT2D eigenvalue weighted by Crippen LogP contribution is -2.44. The summed E-state index contributed by atoms with van der Waals surface area (Å²) in [7, 11) is 0. The van der Waals surface area contributed by atoms with Crippen molar-refractivity contribution in [2.75, 3.05) is 18.0 Å². The Bertz CT molecular complexity index is 1010. The summed E-state index contributed by atoms with van der Waals surface area (Å²) in [5.41, 5.74) is 3.65. The van der Waals surface area contributed by atoms with Gasteiger partial charge in [0.1, 0.15) is 6.54 Å². The number of anilines is 1. The number of carbonyl (C=O) groups is 4.